The number of carboxylic acids is 1. The van der Waals surface area contributed by atoms with Crippen molar-refractivity contribution in [2.24, 2.45) is 5.73 Å². The van der Waals surface area contributed by atoms with Gasteiger partial charge in [-0.1, -0.05) is 30.3 Å². The number of carbonyl (C=O) groups is 1. The van der Waals surface area contributed by atoms with Gasteiger partial charge in [0.1, 0.15) is 22.9 Å². The lowest BCUT2D eigenvalue weighted by atomic mass is 9.99. The summed E-state index contributed by atoms with van der Waals surface area (Å²) < 4.78 is 29.3. The number of nitrogens with two attached hydrogens (primary N) is 1. The third kappa shape index (κ3) is 6.30. The zero-order chi connectivity index (χ0) is 24.6. The van der Waals surface area contributed by atoms with Gasteiger partial charge in [-0.15, -0.1) is 0 Å². The summed E-state index contributed by atoms with van der Waals surface area (Å²) in [5, 5.41) is 36.7. The van der Waals surface area contributed by atoms with Gasteiger partial charge in [0.2, 0.25) is 0 Å². The summed E-state index contributed by atoms with van der Waals surface area (Å²) in [7, 11) is 0. The Morgan fingerprint density at radius 1 is 1.06 bits per heavy atom. The number of nitrogens with zero attached hydrogens (tertiary/aromatic N) is 1. The first-order chi connectivity index (χ1) is 15.7. The molecule has 3 rings (SSSR count). The molecule has 176 valence electrons. The van der Waals surface area contributed by atoms with E-state index in [1.165, 1.54) is 24.4 Å². The minimum absolute atomic E-state index is 0.125. The average molecular weight is 461 g/mol. The molecule has 0 bridgehead atoms. The van der Waals surface area contributed by atoms with Gasteiger partial charge < -0.3 is 31.5 Å². The fraction of sp³-hybridized carbons (Fsp3) is 0.217. The number of nitrogens with one attached hydrogen (secondary N) is 1. The van der Waals surface area contributed by atoms with E-state index in [-0.39, 0.29) is 16.9 Å². The second-order valence-electron chi connectivity index (χ2n) is 7.25. The molecule has 0 atom stereocenters. The number of halogens is 2. The van der Waals surface area contributed by atoms with Crippen LogP contribution in [0.1, 0.15) is 15.9 Å². The average Bonchev–Trinajstić information content (AvgIpc) is 2.84. The number of pyridine rings is 1. The molecule has 0 amide bonds. The highest BCUT2D eigenvalue weighted by atomic mass is 19.1. The number of anilines is 2. The predicted octanol–water partition coefficient (Wildman–Crippen LogP) is 2.44. The third-order valence-electron chi connectivity index (χ3n) is 4.77. The molecular weight excluding hydrogens is 436 g/mol. The standard InChI is InChI=1S/C19H14F2N2O2.C4H11NO3/c1-11-14(12-6-3-2-4-7-12)10-15(20)17(16(11)21)23-18-13(19(24)25)8-5-9-22-18;5-4(1-6,2-7)3-8/h2-10H,1H3,(H,22,23)(H,24,25);6-8H,1-3,5H2. The van der Waals surface area contributed by atoms with Crippen LogP contribution >= 0.6 is 0 Å². The van der Waals surface area contributed by atoms with E-state index >= 15 is 0 Å². The van der Waals surface area contributed by atoms with Gasteiger partial charge in [-0.25, -0.2) is 18.6 Å². The van der Waals surface area contributed by atoms with E-state index < -0.39 is 48.7 Å². The molecule has 0 saturated carbocycles. The first kappa shape index (κ1) is 25.8. The Labute approximate surface area is 189 Å². The van der Waals surface area contributed by atoms with Gasteiger partial charge in [0.15, 0.2) is 5.82 Å². The second-order valence-corrected chi connectivity index (χ2v) is 7.25. The molecule has 0 radical (unpaired) electrons. The summed E-state index contributed by atoms with van der Waals surface area (Å²) in [6.07, 6.45) is 1.34. The number of carboxylic acid groups (broad SMARTS) is 1. The van der Waals surface area contributed by atoms with Gasteiger partial charge in [-0.05, 0) is 41.8 Å². The maximum atomic E-state index is 14.7. The minimum atomic E-state index is -1.24. The molecule has 0 fully saturated rings. The number of hydrogen-bond acceptors (Lipinski definition) is 7. The zero-order valence-corrected chi connectivity index (χ0v) is 17.8. The fourth-order valence-corrected chi connectivity index (χ4v) is 2.70. The number of hydrogen-bond donors (Lipinski definition) is 6. The van der Waals surface area contributed by atoms with Crippen LogP contribution in [0.15, 0.2) is 54.7 Å². The summed E-state index contributed by atoms with van der Waals surface area (Å²) in [6.45, 7) is 0.332. The smallest absolute Gasteiger partial charge is 0.339 e. The first-order valence-corrected chi connectivity index (χ1v) is 9.78. The van der Waals surface area contributed by atoms with Gasteiger partial charge in [0.05, 0.1) is 25.4 Å². The lowest BCUT2D eigenvalue weighted by molar-refractivity contribution is 0.0692. The lowest BCUT2D eigenvalue weighted by Crippen LogP contribution is -2.50. The van der Waals surface area contributed by atoms with Crippen LogP contribution in [-0.2, 0) is 0 Å². The van der Waals surface area contributed by atoms with E-state index in [1.54, 1.807) is 31.2 Å². The van der Waals surface area contributed by atoms with Crippen LogP contribution < -0.4 is 11.1 Å². The Bertz CT molecular complexity index is 1080. The number of aliphatic hydroxyl groups excluding tert-OH is 3. The quantitative estimate of drug-likeness (QED) is 0.314. The number of aromatic carboxylic acids is 1. The molecule has 0 unspecified atom stereocenters. The first-order valence-electron chi connectivity index (χ1n) is 9.78. The summed E-state index contributed by atoms with van der Waals surface area (Å²) in [5.41, 5.74) is 4.70. The van der Waals surface area contributed by atoms with Crippen molar-refractivity contribution in [3.63, 3.8) is 0 Å². The van der Waals surface area contributed by atoms with Crippen LogP contribution in [0.5, 0.6) is 0 Å². The van der Waals surface area contributed by atoms with Gasteiger partial charge in [-0.3, -0.25) is 0 Å². The molecule has 8 nitrogen and oxygen atoms in total. The SMILES string of the molecule is Cc1c(-c2ccccc2)cc(F)c(Nc2ncccc2C(=O)O)c1F.NC(CO)(CO)CO. The van der Waals surface area contributed by atoms with Crippen molar-refractivity contribution < 1.29 is 34.0 Å². The van der Waals surface area contributed by atoms with Crippen molar-refractivity contribution in [1.29, 1.82) is 0 Å². The molecule has 1 aromatic heterocycles. The molecule has 0 aliphatic heterocycles. The monoisotopic (exact) mass is 461 g/mol. The maximum Gasteiger partial charge on any atom is 0.339 e. The summed E-state index contributed by atoms with van der Waals surface area (Å²) in [6, 6.07) is 12.9. The van der Waals surface area contributed by atoms with E-state index in [9.17, 15) is 13.6 Å². The van der Waals surface area contributed by atoms with E-state index in [1.807, 2.05) is 6.07 Å². The Hall–Kier alpha value is -3.44. The highest BCUT2D eigenvalue weighted by molar-refractivity contribution is 5.94. The predicted molar refractivity (Wildman–Crippen MR) is 119 cm³/mol. The molecule has 7 N–H and O–H groups in total. The van der Waals surface area contributed by atoms with Crippen LogP contribution in [0, 0.1) is 18.6 Å². The van der Waals surface area contributed by atoms with Crippen molar-refractivity contribution in [2.75, 3.05) is 25.1 Å². The topological polar surface area (TPSA) is 149 Å². The van der Waals surface area contributed by atoms with Crippen LogP contribution in [0.3, 0.4) is 0 Å². The number of benzene rings is 2. The summed E-state index contributed by atoms with van der Waals surface area (Å²) >= 11 is 0. The van der Waals surface area contributed by atoms with Gasteiger partial charge in [0, 0.05) is 6.20 Å². The van der Waals surface area contributed by atoms with Gasteiger partial charge >= 0.3 is 5.97 Å². The molecule has 3 aromatic rings. The second kappa shape index (κ2) is 11.4. The normalized spacial score (nSPS) is 10.9. The zero-order valence-electron chi connectivity index (χ0n) is 17.8. The van der Waals surface area contributed by atoms with E-state index in [2.05, 4.69) is 10.3 Å². The van der Waals surface area contributed by atoms with E-state index in [4.69, 9.17) is 26.2 Å². The molecule has 0 aliphatic rings. The molecule has 33 heavy (non-hydrogen) atoms. The Balaban J connectivity index is 0.000000414. The summed E-state index contributed by atoms with van der Waals surface area (Å²) in [5.74, 6) is -2.99. The minimum Gasteiger partial charge on any atom is -0.478 e. The van der Waals surface area contributed by atoms with Crippen molar-refractivity contribution >= 4 is 17.5 Å². The molecule has 1 heterocycles. The highest BCUT2D eigenvalue weighted by Gasteiger charge is 2.21. The summed E-state index contributed by atoms with van der Waals surface area (Å²) in [4.78, 5) is 15.1. The molecule has 2 aromatic carbocycles. The lowest BCUT2D eigenvalue weighted by Gasteiger charge is -2.20. The van der Waals surface area contributed by atoms with E-state index in [0.29, 0.717) is 11.1 Å². The van der Waals surface area contributed by atoms with Crippen molar-refractivity contribution in [1.82, 2.24) is 4.98 Å². The third-order valence-corrected chi connectivity index (χ3v) is 4.77. The number of aliphatic hydroxyl groups is 3. The Morgan fingerprint density at radius 2 is 1.67 bits per heavy atom. The van der Waals surface area contributed by atoms with Crippen LogP contribution in [-0.4, -0.2) is 56.7 Å². The van der Waals surface area contributed by atoms with E-state index in [0.717, 1.165) is 0 Å². The Kier molecular flexibility index (Phi) is 8.94. The van der Waals surface area contributed by atoms with Crippen molar-refractivity contribution in [2.45, 2.75) is 12.5 Å². The molecular formula is C23H25F2N3O5. The molecule has 0 spiro atoms. The Morgan fingerprint density at radius 3 is 2.18 bits per heavy atom. The highest BCUT2D eigenvalue weighted by Crippen LogP contribution is 2.33. The van der Waals surface area contributed by atoms with Gasteiger partial charge in [0.25, 0.3) is 0 Å². The van der Waals surface area contributed by atoms with Crippen molar-refractivity contribution in [3.8, 4) is 11.1 Å². The van der Waals surface area contributed by atoms with Gasteiger partial charge in [-0.2, -0.15) is 0 Å². The molecule has 0 aliphatic carbocycles. The fourth-order valence-electron chi connectivity index (χ4n) is 2.70. The van der Waals surface area contributed by atoms with Crippen LogP contribution in [0.25, 0.3) is 11.1 Å². The molecule has 0 saturated heterocycles. The van der Waals surface area contributed by atoms with Crippen LogP contribution in [0.2, 0.25) is 0 Å². The maximum absolute atomic E-state index is 14.7. The number of rotatable bonds is 7. The largest absolute Gasteiger partial charge is 0.478 e. The number of aromatic nitrogens is 1. The molecule has 10 heteroatoms. The van der Waals surface area contributed by atoms with Crippen molar-refractivity contribution in [3.05, 3.63) is 77.5 Å². The van der Waals surface area contributed by atoms with Crippen LogP contribution in [0.4, 0.5) is 20.3 Å².